The Hall–Kier alpha value is -1.74. The zero-order valence-electron chi connectivity index (χ0n) is 10.2. The first kappa shape index (κ1) is 11.7. The minimum atomic E-state index is 0.0119. The van der Waals surface area contributed by atoms with E-state index in [4.69, 9.17) is 5.73 Å². The lowest BCUT2D eigenvalue weighted by molar-refractivity contribution is 0.717. The van der Waals surface area contributed by atoms with Crippen LogP contribution in [0.4, 0.5) is 0 Å². The third kappa shape index (κ3) is 3.11. The Balaban J connectivity index is 2.17. The summed E-state index contributed by atoms with van der Waals surface area (Å²) in [5.74, 6) is 0. The molecule has 0 aliphatic carbocycles. The predicted molar refractivity (Wildman–Crippen MR) is 68.6 cm³/mol. The van der Waals surface area contributed by atoms with Gasteiger partial charge < -0.3 is 5.73 Å². The third-order valence-corrected chi connectivity index (χ3v) is 2.74. The Bertz CT molecular complexity index is 474. The van der Waals surface area contributed by atoms with E-state index in [1.165, 1.54) is 5.56 Å². The second kappa shape index (κ2) is 5.06. The first-order valence-corrected chi connectivity index (χ1v) is 5.75. The molecule has 2 heterocycles. The van der Waals surface area contributed by atoms with E-state index in [1.54, 1.807) is 12.4 Å². The molecule has 1 atom stereocenters. The van der Waals surface area contributed by atoms with Gasteiger partial charge in [-0.15, -0.1) is 0 Å². The van der Waals surface area contributed by atoms with Gasteiger partial charge in [-0.1, -0.05) is 0 Å². The van der Waals surface area contributed by atoms with E-state index in [1.807, 2.05) is 26.0 Å². The highest BCUT2D eigenvalue weighted by atomic mass is 14.7. The van der Waals surface area contributed by atoms with Gasteiger partial charge in [0.25, 0.3) is 0 Å². The van der Waals surface area contributed by atoms with Crippen molar-refractivity contribution in [2.45, 2.75) is 26.3 Å². The Morgan fingerprint density at radius 2 is 1.71 bits per heavy atom. The van der Waals surface area contributed by atoms with Crippen LogP contribution in [0.5, 0.6) is 0 Å². The fourth-order valence-electron chi connectivity index (χ4n) is 1.97. The summed E-state index contributed by atoms with van der Waals surface area (Å²) >= 11 is 0. The maximum absolute atomic E-state index is 6.22. The molecule has 0 bridgehead atoms. The number of nitrogens with zero attached hydrogens (tertiary/aromatic N) is 2. The van der Waals surface area contributed by atoms with Crippen LogP contribution in [0.15, 0.2) is 36.7 Å². The lowest BCUT2D eigenvalue weighted by Crippen LogP contribution is -2.14. The van der Waals surface area contributed by atoms with Crippen LogP contribution in [-0.2, 0) is 6.42 Å². The molecule has 0 aliphatic heterocycles. The molecule has 1 unspecified atom stereocenters. The van der Waals surface area contributed by atoms with Crippen molar-refractivity contribution in [1.82, 2.24) is 9.97 Å². The van der Waals surface area contributed by atoms with Crippen LogP contribution in [0.3, 0.4) is 0 Å². The number of nitrogens with two attached hydrogens (primary N) is 1. The fraction of sp³-hybridized carbons (Fsp3) is 0.286. The number of aromatic nitrogens is 2. The summed E-state index contributed by atoms with van der Waals surface area (Å²) in [7, 11) is 0. The number of hydrogen-bond donors (Lipinski definition) is 1. The van der Waals surface area contributed by atoms with Crippen molar-refractivity contribution in [2.24, 2.45) is 5.73 Å². The van der Waals surface area contributed by atoms with Crippen molar-refractivity contribution in [3.05, 3.63) is 59.2 Å². The van der Waals surface area contributed by atoms with E-state index < -0.39 is 0 Å². The smallest absolute Gasteiger partial charge is 0.0379 e. The van der Waals surface area contributed by atoms with Gasteiger partial charge in [0.2, 0.25) is 0 Å². The molecule has 0 aromatic carbocycles. The van der Waals surface area contributed by atoms with Crippen LogP contribution in [-0.4, -0.2) is 9.97 Å². The first-order valence-electron chi connectivity index (χ1n) is 5.75. The molecule has 0 aliphatic rings. The molecule has 17 heavy (non-hydrogen) atoms. The standard InChI is InChI=1S/C14H17N3/c1-10-7-13(8-11(2)17-10)14(15)9-12-3-5-16-6-4-12/h3-8,14H,9,15H2,1-2H3. The monoisotopic (exact) mass is 227 g/mol. The molecule has 0 amide bonds. The lowest BCUT2D eigenvalue weighted by Gasteiger charge is -2.13. The largest absolute Gasteiger partial charge is 0.324 e. The Morgan fingerprint density at radius 1 is 1.12 bits per heavy atom. The molecule has 0 saturated carbocycles. The molecule has 3 nitrogen and oxygen atoms in total. The molecule has 88 valence electrons. The highest BCUT2D eigenvalue weighted by Crippen LogP contribution is 2.17. The lowest BCUT2D eigenvalue weighted by atomic mass is 10.00. The Labute approximate surface area is 102 Å². The van der Waals surface area contributed by atoms with Crippen molar-refractivity contribution in [3.8, 4) is 0 Å². The summed E-state index contributed by atoms with van der Waals surface area (Å²) in [6.45, 7) is 3.99. The average Bonchev–Trinajstić information content (AvgIpc) is 2.29. The molecule has 0 fully saturated rings. The summed E-state index contributed by atoms with van der Waals surface area (Å²) in [6.07, 6.45) is 4.42. The van der Waals surface area contributed by atoms with Gasteiger partial charge in [-0.3, -0.25) is 9.97 Å². The van der Waals surface area contributed by atoms with Crippen molar-refractivity contribution < 1.29 is 0 Å². The molecular weight excluding hydrogens is 210 g/mol. The van der Waals surface area contributed by atoms with E-state index in [-0.39, 0.29) is 6.04 Å². The van der Waals surface area contributed by atoms with Gasteiger partial charge in [0, 0.05) is 29.8 Å². The van der Waals surface area contributed by atoms with Crippen molar-refractivity contribution in [2.75, 3.05) is 0 Å². The average molecular weight is 227 g/mol. The predicted octanol–water partition coefficient (Wildman–Crippen LogP) is 2.34. The van der Waals surface area contributed by atoms with Crippen LogP contribution in [0.2, 0.25) is 0 Å². The van der Waals surface area contributed by atoms with E-state index >= 15 is 0 Å². The number of aryl methyl sites for hydroxylation is 2. The molecular formula is C14H17N3. The SMILES string of the molecule is Cc1cc(C(N)Cc2ccncc2)cc(C)n1. The normalized spacial score (nSPS) is 12.4. The molecule has 2 rings (SSSR count). The van der Waals surface area contributed by atoms with Gasteiger partial charge in [0.1, 0.15) is 0 Å². The maximum atomic E-state index is 6.22. The second-order valence-electron chi connectivity index (χ2n) is 4.35. The summed E-state index contributed by atoms with van der Waals surface area (Å²) in [4.78, 5) is 8.36. The molecule has 2 N–H and O–H groups in total. The topological polar surface area (TPSA) is 51.8 Å². The minimum absolute atomic E-state index is 0.0119. The first-order chi connectivity index (χ1) is 8.15. The molecule has 2 aromatic heterocycles. The van der Waals surface area contributed by atoms with E-state index in [9.17, 15) is 0 Å². The van der Waals surface area contributed by atoms with Crippen LogP contribution in [0, 0.1) is 13.8 Å². The van der Waals surface area contributed by atoms with Gasteiger partial charge in [0.15, 0.2) is 0 Å². The van der Waals surface area contributed by atoms with E-state index in [0.717, 1.165) is 23.4 Å². The second-order valence-corrected chi connectivity index (χ2v) is 4.35. The van der Waals surface area contributed by atoms with Gasteiger partial charge in [-0.2, -0.15) is 0 Å². The van der Waals surface area contributed by atoms with Crippen LogP contribution >= 0.6 is 0 Å². The molecule has 3 heteroatoms. The Kier molecular flexibility index (Phi) is 3.49. The summed E-state index contributed by atoms with van der Waals surface area (Å²) in [6, 6.07) is 8.12. The minimum Gasteiger partial charge on any atom is -0.324 e. The van der Waals surface area contributed by atoms with Crippen LogP contribution in [0.1, 0.15) is 28.6 Å². The molecule has 0 radical (unpaired) electrons. The van der Waals surface area contributed by atoms with Crippen LogP contribution in [0.25, 0.3) is 0 Å². The van der Waals surface area contributed by atoms with Crippen LogP contribution < -0.4 is 5.73 Å². The van der Waals surface area contributed by atoms with Gasteiger partial charge >= 0.3 is 0 Å². The zero-order chi connectivity index (χ0) is 12.3. The number of pyridine rings is 2. The quantitative estimate of drug-likeness (QED) is 0.875. The summed E-state index contributed by atoms with van der Waals surface area (Å²) in [5, 5.41) is 0. The summed E-state index contributed by atoms with van der Waals surface area (Å²) < 4.78 is 0. The van der Waals surface area contributed by atoms with Crippen molar-refractivity contribution in [3.63, 3.8) is 0 Å². The highest BCUT2D eigenvalue weighted by Gasteiger charge is 2.08. The fourth-order valence-corrected chi connectivity index (χ4v) is 1.97. The van der Waals surface area contributed by atoms with Gasteiger partial charge in [-0.05, 0) is 55.7 Å². The van der Waals surface area contributed by atoms with Crippen molar-refractivity contribution in [1.29, 1.82) is 0 Å². The number of hydrogen-bond acceptors (Lipinski definition) is 3. The van der Waals surface area contributed by atoms with E-state index in [0.29, 0.717) is 0 Å². The molecule has 2 aromatic rings. The van der Waals surface area contributed by atoms with E-state index in [2.05, 4.69) is 22.1 Å². The number of rotatable bonds is 3. The molecule has 0 saturated heterocycles. The third-order valence-electron chi connectivity index (χ3n) is 2.74. The highest BCUT2D eigenvalue weighted by molar-refractivity contribution is 5.25. The zero-order valence-corrected chi connectivity index (χ0v) is 10.2. The van der Waals surface area contributed by atoms with Gasteiger partial charge in [-0.25, -0.2) is 0 Å². The van der Waals surface area contributed by atoms with Crippen molar-refractivity contribution >= 4 is 0 Å². The van der Waals surface area contributed by atoms with Gasteiger partial charge in [0.05, 0.1) is 0 Å². The molecule has 0 spiro atoms. The summed E-state index contributed by atoms with van der Waals surface area (Å²) in [5.41, 5.74) is 10.6. The maximum Gasteiger partial charge on any atom is 0.0379 e. The Morgan fingerprint density at radius 3 is 2.29 bits per heavy atom.